The quantitative estimate of drug-likeness (QED) is 0.667. The Morgan fingerprint density at radius 3 is 2.46 bits per heavy atom. The first-order valence-corrected chi connectivity index (χ1v) is 8.54. The van der Waals surface area contributed by atoms with Crippen molar-refractivity contribution < 1.29 is 9.47 Å². The van der Waals surface area contributed by atoms with Crippen molar-refractivity contribution >= 4 is 22.4 Å². The van der Waals surface area contributed by atoms with Crippen molar-refractivity contribution in [2.75, 3.05) is 18.5 Å². The molecule has 1 N–H and O–H groups in total. The van der Waals surface area contributed by atoms with E-state index in [4.69, 9.17) is 15.9 Å². The Morgan fingerprint density at radius 2 is 1.77 bits per heavy atom. The average Bonchev–Trinajstić information content (AvgIpc) is 2.65. The van der Waals surface area contributed by atoms with E-state index in [9.17, 15) is 0 Å². The minimum Gasteiger partial charge on any atom is -0.490 e. The second-order valence-electron chi connectivity index (χ2n) is 5.70. The predicted molar refractivity (Wildman–Crippen MR) is 104 cm³/mol. The predicted octanol–water partition coefficient (Wildman–Crippen LogP) is 4.46. The molecule has 2 aromatic carbocycles. The van der Waals surface area contributed by atoms with E-state index in [1.165, 1.54) is 6.33 Å². The number of hydrogen-bond donors (Lipinski definition) is 1. The molecule has 0 aliphatic carbocycles. The molecule has 1 heterocycles. The van der Waals surface area contributed by atoms with Gasteiger partial charge in [0.15, 0.2) is 11.5 Å². The summed E-state index contributed by atoms with van der Waals surface area (Å²) in [5.41, 5.74) is 3.57. The van der Waals surface area contributed by atoms with Gasteiger partial charge in [-0.1, -0.05) is 12.0 Å². The average molecular weight is 347 g/mol. The van der Waals surface area contributed by atoms with E-state index in [1.807, 2.05) is 51.1 Å². The van der Waals surface area contributed by atoms with E-state index < -0.39 is 0 Å². The van der Waals surface area contributed by atoms with Gasteiger partial charge in [0.25, 0.3) is 0 Å². The lowest BCUT2D eigenvalue weighted by Crippen LogP contribution is -2.01. The summed E-state index contributed by atoms with van der Waals surface area (Å²) >= 11 is 0. The van der Waals surface area contributed by atoms with Gasteiger partial charge in [-0.2, -0.15) is 0 Å². The molecule has 1 aromatic heterocycles. The number of rotatable bonds is 6. The molecule has 3 rings (SSSR count). The van der Waals surface area contributed by atoms with Gasteiger partial charge in [-0.3, -0.25) is 0 Å². The van der Waals surface area contributed by atoms with Crippen molar-refractivity contribution in [2.45, 2.75) is 20.8 Å². The lowest BCUT2D eigenvalue weighted by Gasteiger charge is -2.15. The zero-order valence-corrected chi connectivity index (χ0v) is 15.2. The first-order valence-electron chi connectivity index (χ1n) is 8.54. The van der Waals surface area contributed by atoms with Crippen molar-refractivity contribution in [1.82, 2.24) is 9.97 Å². The molecule has 3 aromatic rings. The molecule has 0 amide bonds. The minimum absolute atomic E-state index is 0.547. The zero-order chi connectivity index (χ0) is 18.5. The highest BCUT2D eigenvalue weighted by Crippen LogP contribution is 2.35. The normalized spacial score (nSPS) is 10.4. The van der Waals surface area contributed by atoms with Crippen molar-refractivity contribution in [1.29, 1.82) is 0 Å². The minimum atomic E-state index is 0.547. The van der Waals surface area contributed by atoms with Crippen molar-refractivity contribution in [3.05, 3.63) is 47.8 Å². The van der Waals surface area contributed by atoms with Crippen LogP contribution in [0.25, 0.3) is 10.9 Å². The highest BCUT2D eigenvalue weighted by molar-refractivity contribution is 5.93. The SMILES string of the molecule is C#Cc1ccc(C)c(Nc2ncnc3cc(OCC)c(OCC)cc23)c1. The van der Waals surface area contributed by atoms with Gasteiger partial charge < -0.3 is 14.8 Å². The Labute approximate surface area is 153 Å². The van der Waals surface area contributed by atoms with Crippen LogP contribution in [0.1, 0.15) is 25.0 Å². The number of aromatic nitrogens is 2. The van der Waals surface area contributed by atoms with Gasteiger partial charge in [-0.05, 0) is 44.5 Å². The monoisotopic (exact) mass is 347 g/mol. The lowest BCUT2D eigenvalue weighted by molar-refractivity contribution is 0.288. The van der Waals surface area contributed by atoms with Crippen LogP contribution in [0.15, 0.2) is 36.7 Å². The second kappa shape index (κ2) is 7.75. The van der Waals surface area contributed by atoms with E-state index in [0.717, 1.165) is 27.7 Å². The fourth-order valence-corrected chi connectivity index (χ4v) is 2.67. The van der Waals surface area contributed by atoms with Gasteiger partial charge in [0.1, 0.15) is 12.1 Å². The Bertz CT molecular complexity index is 977. The summed E-state index contributed by atoms with van der Waals surface area (Å²) in [5, 5.41) is 4.22. The summed E-state index contributed by atoms with van der Waals surface area (Å²) in [6.45, 7) is 7.00. The number of fused-ring (bicyclic) bond motifs is 1. The van der Waals surface area contributed by atoms with E-state index >= 15 is 0 Å². The van der Waals surface area contributed by atoms with Crippen LogP contribution in [-0.4, -0.2) is 23.2 Å². The molecular weight excluding hydrogens is 326 g/mol. The van der Waals surface area contributed by atoms with Gasteiger partial charge in [0.05, 0.1) is 18.7 Å². The first kappa shape index (κ1) is 17.6. The molecule has 0 bridgehead atoms. The Hall–Kier alpha value is -3.26. The molecule has 0 atom stereocenters. The third-order valence-corrected chi connectivity index (χ3v) is 3.96. The van der Waals surface area contributed by atoms with Gasteiger partial charge in [0, 0.05) is 22.7 Å². The molecule has 0 saturated carbocycles. The number of nitrogens with zero attached hydrogens (tertiary/aromatic N) is 2. The summed E-state index contributed by atoms with van der Waals surface area (Å²) in [5.74, 6) is 4.70. The number of aryl methyl sites for hydroxylation is 1. The molecular formula is C21H21N3O2. The fraction of sp³-hybridized carbons (Fsp3) is 0.238. The topological polar surface area (TPSA) is 56.3 Å². The Balaban J connectivity index is 2.09. The summed E-state index contributed by atoms with van der Waals surface area (Å²) in [6, 6.07) is 9.62. The maximum absolute atomic E-state index is 5.73. The van der Waals surface area contributed by atoms with Crippen LogP contribution in [-0.2, 0) is 0 Å². The van der Waals surface area contributed by atoms with Gasteiger partial charge in [0.2, 0.25) is 0 Å². The molecule has 132 valence electrons. The molecule has 26 heavy (non-hydrogen) atoms. The van der Waals surface area contributed by atoms with Crippen LogP contribution in [0.5, 0.6) is 11.5 Å². The Morgan fingerprint density at radius 1 is 1.04 bits per heavy atom. The number of benzene rings is 2. The molecule has 5 heteroatoms. The molecule has 0 fully saturated rings. The number of hydrogen-bond acceptors (Lipinski definition) is 5. The lowest BCUT2D eigenvalue weighted by atomic mass is 10.1. The van der Waals surface area contributed by atoms with E-state index in [1.54, 1.807) is 0 Å². The molecule has 0 radical (unpaired) electrons. The number of terminal acetylenes is 1. The van der Waals surface area contributed by atoms with Crippen LogP contribution in [0.4, 0.5) is 11.5 Å². The Kier molecular flexibility index (Phi) is 5.23. The van der Waals surface area contributed by atoms with Gasteiger partial charge in [-0.15, -0.1) is 6.42 Å². The van der Waals surface area contributed by atoms with Crippen molar-refractivity contribution in [3.8, 4) is 23.8 Å². The number of ether oxygens (including phenoxy) is 2. The maximum Gasteiger partial charge on any atom is 0.163 e. The third-order valence-electron chi connectivity index (χ3n) is 3.96. The van der Waals surface area contributed by atoms with Crippen molar-refractivity contribution in [2.24, 2.45) is 0 Å². The summed E-state index contributed by atoms with van der Waals surface area (Å²) in [7, 11) is 0. The van der Waals surface area contributed by atoms with Crippen LogP contribution in [0, 0.1) is 19.3 Å². The van der Waals surface area contributed by atoms with E-state index in [2.05, 4.69) is 21.2 Å². The van der Waals surface area contributed by atoms with Crippen molar-refractivity contribution in [3.63, 3.8) is 0 Å². The standard InChI is InChI=1S/C21H21N3O2/c1-5-15-9-8-14(4)17(10-15)24-21-16-11-19(25-6-2)20(26-7-3)12-18(16)22-13-23-21/h1,8-13H,6-7H2,2-4H3,(H,22,23,24). The molecule has 5 nitrogen and oxygen atoms in total. The smallest absolute Gasteiger partial charge is 0.163 e. The summed E-state index contributed by atoms with van der Waals surface area (Å²) in [4.78, 5) is 8.77. The van der Waals surface area contributed by atoms with E-state index in [0.29, 0.717) is 30.5 Å². The summed E-state index contributed by atoms with van der Waals surface area (Å²) < 4.78 is 11.4. The van der Waals surface area contributed by atoms with Crippen LogP contribution >= 0.6 is 0 Å². The van der Waals surface area contributed by atoms with Gasteiger partial charge in [-0.25, -0.2) is 9.97 Å². The first-order chi connectivity index (χ1) is 12.7. The molecule has 0 unspecified atom stereocenters. The zero-order valence-electron chi connectivity index (χ0n) is 15.2. The van der Waals surface area contributed by atoms with Crippen LogP contribution < -0.4 is 14.8 Å². The highest BCUT2D eigenvalue weighted by Gasteiger charge is 2.12. The largest absolute Gasteiger partial charge is 0.490 e. The second-order valence-corrected chi connectivity index (χ2v) is 5.70. The highest BCUT2D eigenvalue weighted by atomic mass is 16.5. The maximum atomic E-state index is 5.73. The third kappa shape index (κ3) is 3.55. The molecule has 0 aliphatic heterocycles. The molecule has 0 spiro atoms. The fourth-order valence-electron chi connectivity index (χ4n) is 2.67. The van der Waals surface area contributed by atoms with Crippen LogP contribution in [0.3, 0.4) is 0 Å². The summed E-state index contributed by atoms with van der Waals surface area (Å²) in [6.07, 6.45) is 7.05. The molecule has 0 aliphatic rings. The van der Waals surface area contributed by atoms with Crippen LogP contribution in [0.2, 0.25) is 0 Å². The van der Waals surface area contributed by atoms with E-state index in [-0.39, 0.29) is 0 Å². The number of nitrogens with one attached hydrogen (secondary N) is 1. The van der Waals surface area contributed by atoms with Gasteiger partial charge >= 0.3 is 0 Å². The number of anilines is 2. The molecule has 0 saturated heterocycles.